The molecule has 0 amide bonds. The third-order valence-electron chi connectivity index (χ3n) is 3.12. The van der Waals surface area contributed by atoms with E-state index in [4.69, 9.17) is 5.73 Å². The zero-order chi connectivity index (χ0) is 10.3. The van der Waals surface area contributed by atoms with Crippen LogP contribution in [0.1, 0.15) is 42.7 Å². The summed E-state index contributed by atoms with van der Waals surface area (Å²) in [4.78, 5) is 1.55. The number of nitrogens with two attached hydrogens (primary N) is 1. The molecular formula is C11H16BrNS. The lowest BCUT2D eigenvalue weighted by molar-refractivity contribution is 0.433. The first kappa shape index (κ1) is 10.7. The normalized spacial score (nSPS) is 19.4. The molecule has 1 aromatic rings. The molecule has 0 saturated heterocycles. The van der Waals surface area contributed by atoms with Gasteiger partial charge >= 0.3 is 0 Å². The average Bonchev–Trinajstić information content (AvgIpc) is 2.41. The monoisotopic (exact) mass is 273 g/mol. The number of aryl methyl sites for hydroxylation is 1. The predicted molar refractivity (Wildman–Crippen MR) is 65.9 cm³/mol. The molecule has 0 radical (unpaired) electrons. The van der Waals surface area contributed by atoms with Crippen LogP contribution in [-0.2, 0) is 18.4 Å². The van der Waals surface area contributed by atoms with Gasteiger partial charge in [0.25, 0.3) is 0 Å². The largest absolute Gasteiger partial charge is 0.326 e. The predicted octanol–water partition coefficient (Wildman–Crippen LogP) is 3.58. The maximum atomic E-state index is 5.82. The first-order valence-electron chi connectivity index (χ1n) is 5.07. The maximum absolute atomic E-state index is 5.82. The summed E-state index contributed by atoms with van der Waals surface area (Å²) in [6.07, 6.45) is 3.84. The highest BCUT2D eigenvalue weighted by Crippen LogP contribution is 2.45. The number of halogens is 1. The van der Waals surface area contributed by atoms with E-state index >= 15 is 0 Å². The van der Waals surface area contributed by atoms with Crippen molar-refractivity contribution in [1.82, 2.24) is 0 Å². The van der Waals surface area contributed by atoms with Crippen molar-refractivity contribution in [2.24, 2.45) is 5.73 Å². The van der Waals surface area contributed by atoms with E-state index in [0.717, 1.165) is 0 Å². The molecule has 0 bridgehead atoms. The van der Waals surface area contributed by atoms with E-state index < -0.39 is 0 Å². The van der Waals surface area contributed by atoms with E-state index in [9.17, 15) is 0 Å². The van der Waals surface area contributed by atoms with Crippen LogP contribution in [0.25, 0.3) is 0 Å². The molecule has 0 aromatic carbocycles. The minimum absolute atomic E-state index is 0.324. The van der Waals surface area contributed by atoms with Crippen molar-refractivity contribution >= 4 is 27.3 Å². The van der Waals surface area contributed by atoms with Crippen molar-refractivity contribution in [3.8, 4) is 0 Å². The van der Waals surface area contributed by atoms with Gasteiger partial charge in [0.05, 0.1) is 3.79 Å². The molecule has 0 fully saturated rings. The van der Waals surface area contributed by atoms with Gasteiger partial charge < -0.3 is 5.73 Å². The van der Waals surface area contributed by atoms with E-state index in [2.05, 4.69) is 29.8 Å². The Morgan fingerprint density at radius 2 is 2.21 bits per heavy atom. The number of fused-ring (bicyclic) bond motifs is 1. The molecule has 2 N–H and O–H groups in total. The van der Waals surface area contributed by atoms with Crippen LogP contribution in [-0.4, -0.2) is 0 Å². The van der Waals surface area contributed by atoms with Crippen molar-refractivity contribution in [3.05, 3.63) is 19.8 Å². The Balaban J connectivity index is 2.59. The molecule has 0 spiro atoms. The molecule has 1 aliphatic carbocycles. The highest BCUT2D eigenvalue weighted by Gasteiger charge is 2.32. The molecule has 1 aliphatic rings. The quantitative estimate of drug-likeness (QED) is 0.832. The SMILES string of the molecule is CC1(C)CCCc2sc(Br)c(CN)c21. The van der Waals surface area contributed by atoms with Crippen LogP contribution in [0, 0.1) is 0 Å². The zero-order valence-electron chi connectivity index (χ0n) is 8.69. The van der Waals surface area contributed by atoms with Gasteiger partial charge in [0.1, 0.15) is 0 Å². The zero-order valence-corrected chi connectivity index (χ0v) is 11.1. The van der Waals surface area contributed by atoms with E-state index in [-0.39, 0.29) is 0 Å². The summed E-state index contributed by atoms with van der Waals surface area (Å²) in [5.74, 6) is 0. The van der Waals surface area contributed by atoms with Gasteiger partial charge in [-0.05, 0) is 51.7 Å². The third-order valence-corrected chi connectivity index (χ3v) is 5.16. The molecular weight excluding hydrogens is 258 g/mol. The molecule has 0 unspecified atom stereocenters. The van der Waals surface area contributed by atoms with Crippen LogP contribution in [0.2, 0.25) is 0 Å². The summed E-state index contributed by atoms with van der Waals surface area (Å²) in [5.41, 5.74) is 9.01. The minimum atomic E-state index is 0.324. The third kappa shape index (κ3) is 1.55. The molecule has 0 atom stereocenters. The number of hydrogen-bond donors (Lipinski definition) is 1. The van der Waals surface area contributed by atoms with Gasteiger partial charge in [0.2, 0.25) is 0 Å². The maximum Gasteiger partial charge on any atom is 0.0749 e. The summed E-state index contributed by atoms with van der Waals surface area (Å²) < 4.78 is 1.25. The average molecular weight is 274 g/mol. The number of rotatable bonds is 1. The minimum Gasteiger partial charge on any atom is -0.326 e. The van der Waals surface area contributed by atoms with Gasteiger partial charge in [-0.25, -0.2) is 0 Å². The second kappa shape index (κ2) is 3.62. The highest BCUT2D eigenvalue weighted by molar-refractivity contribution is 9.11. The fourth-order valence-corrected chi connectivity index (χ4v) is 4.67. The van der Waals surface area contributed by atoms with Crippen molar-refractivity contribution < 1.29 is 0 Å². The van der Waals surface area contributed by atoms with E-state index in [1.807, 2.05) is 11.3 Å². The van der Waals surface area contributed by atoms with Gasteiger partial charge in [-0.1, -0.05) is 13.8 Å². The lowest BCUT2D eigenvalue weighted by atomic mass is 9.74. The molecule has 0 saturated carbocycles. The topological polar surface area (TPSA) is 26.0 Å². The number of hydrogen-bond acceptors (Lipinski definition) is 2. The van der Waals surface area contributed by atoms with Gasteiger partial charge in [-0.3, -0.25) is 0 Å². The summed E-state index contributed by atoms with van der Waals surface area (Å²) in [6, 6.07) is 0. The Morgan fingerprint density at radius 3 is 2.86 bits per heavy atom. The summed E-state index contributed by atoms with van der Waals surface area (Å²) in [5, 5.41) is 0. The summed E-state index contributed by atoms with van der Waals surface area (Å²) in [7, 11) is 0. The Kier molecular flexibility index (Phi) is 2.75. The van der Waals surface area contributed by atoms with Crippen LogP contribution in [0.15, 0.2) is 3.79 Å². The van der Waals surface area contributed by atoms with E-state index in [0.29, 0.717) is 12.0 Å². The van der Waals surface area contributed by atoms with Crippen LogP contribution >= 0.6 is 27.3 Å². The van der Waals surface area contributed by atoms with Crippen LogP contribution in [0.4, 0.5) is 0 Å². The highest BCUT2D eigenvalue weighted by atomic mass is 79.9. The summed E-state index contributed by atoms with van der Waals surface area (Å²) in [6.45, 7) is 5.34. The van der Waals surface area contributed by atoms with E-state index in [1.165, 1.54) is 34.2 Å². The molecule has 1 aromatic heterocycles. The summed E-state index contributed by atoms with van der Waals surface area (Å²) >= 11 is 5.51. The molecule has 1 heterocycles. The Bertz CT molecular complexity index is 354. The first-order chi connectivity index (χ1) is 6.56. The van der Waals surface area contributed by atoms with Gasteiger partial charge in [-0.2, -0.15) is 0 Å². The Morgan fingerprint density at radius 1 is 1.50 bits per heavy atom. The molecule has 3 heteroatoms. The Labute approximate surface area is 97.8 Å². The molecule has 78 valence electrons. The molecule has 1 nitrogen and oxygen atoms in total. The second-order valence-electron chi connectivity index (χ2n) is 4.59. The van der Waals surface area contributed by atoms with Gasteiger partial charge in [-0.15, -0.1) is 11.3 Å². The molecule has 14 heavy (non-hydrogen) atoms. The fraction of sp³-hybridized carbons (Fsp3) is 0.636. The van der Waals surface area contributed by atoms with Crippen LogP contribution in [0.3, 0.4) is 0 Å². The van der Waals surface area contributed by atoms with E-state index in [1.54, 1.807) is 4.88 Å². The first-order valence-corrected chi connectivity index (χ1v) is 6.68. The molecule has 2 rings (SSSR count). The van der Waals surface area contributed by atoms with Crippen molar-refractivity contribution in [2.45, 2.75) is 45.1 Å². The second-order valence-corrected chi connectivity index (χ2v) is 7.02. The fourth-order valence-electron chi connectivity index (χ4n) is 2.45. The van der Waals surface area contributed by atoms with Crippen molar-refractivity contribution in [1.29, 1.82) is 0 Å². The van der Waals surface area contributed by atoms with Crippen molar-refractivity contribution in [2.75, 3.05) is 0 Å². The number of thiophene rings is 1. The van der Waals surface area contributed by atoms with Gasteiger partial charge in [0, 0.05) is 11.4 Å². The van der Waals surface area contributed by atoms with Crippen LogP contribution in [0.5, 0.6) is 0 Å². The van der Waals surface area contributed by atoms with Crippen LogP contribution < -0.4 is 5.73 Å². The van der Waals surface area contributed by atoms with Gasteiger partial charge in [0.15, 0.2) is 0 Å². The lowest BCUT2D eigenvalue weighted by Crippen LogP contribution is -2.24. The lowest BCUT2D eigenvalue weighted by Gasteiger charge is -2.31. The standard InChI is InChI=1S/C11H16BrNS/c1-11(2)5-3-4-8-9(11)7(6-13)10(12)14-8/h3-6,13H2,1-2H3. The Hall–Kier alpha value is 0.140. The molecule has 0 aliphatic heterocycles. The van der Waals surface area contributed by atoms with Crippen molar-refractivity contribution in [3.63, 3.8) is 0 Å². The smallest absolute Gasteiger partial charge is 0.0749 e.